The molecule has 9 heavy (non-hydrogen) atoms. The molecule has 1 atom stereocenters. The topological polar surface area (TPSA) is 57.5 Å². The number of carbonyl (C=O) groups is 1. The predicted octanol–water partition coefficient (Wildman–Crippen LogP) is 0.256. The third-order valence-corrected chi connectivity index (χ3v) is 1.02. The van der Waals surface area contributed by atoms with Crippen LogP contribution in [0.3, 0.4) is 0 Å². The minimum atomic E-state index is -0.975. The lowest BCUT2D eigenvalue weighted by Crippen LogP contribution is -2.16. The Labute approximate surface area is 53.6 Å². The van der Waals surface area contributed by atoms with Crippen LogP contribution >= 0.6 is 0 Å². The van der Waals surface area contributed by atoms with Gasteiger partial charge >= 0.3 is 5.97 Å². The molecule has 0 fully saturated rings. The minimum absolute atomic E-state index is 0.318. The summed E-state index contributed by atoms with van der Waals surface area (Å²) in [6, 6.07) is 0. The Hall–Kier alpha value is -0.830. The van der Waals surface area contributed by atoms with Gasteiger partial charge in [0.25, 0.3) is 0 Å². The highest BCUT2D eigenvalue weighted by molar-refractivity contribution is 5.70. The van der Waals surface area contributed by atoms with Crippen molar-refractivity contribution in [3.05, 3.63) is 12.7 Å². The molecule has 0 rings (SSSR count). The lowest BCUT2D eigenvalue weighted by atomic mass is 10.1. The first kappa shape index (κ1) is 8.17. The highest BCUT2D eigenvalue weighted by atomic mass is 16.4. The van der Waals surface area contributed by atoms with Gasteiger partial charge in [-0.2, -0.15) is 0 Å². The van der Waals surface area contributed by atoms with E-state index in [1.807, 2.05) is 0 Å². The molecule has 2 N–H and O–H groups in total. The first-order valence-corrected chi connectivity index (χ1v) is 2.67. The predicted molar refractivity (Wildman–Crippen MR) is 33.0 cm³/mol. The summed E-state index contributed by atoms with van der Waals surface area (Å²) in [5.74, 6) is -1.65. The molecule has 0 aliphatic heterocycles. The van der Waals surface area contributed by atoms with Gasteiger partial charge in [-0.05, 0) is 6.42 Å². The average Bonchev–Trinajstić information content (AvgIpc) is 1.82. The van der Waals surface area contributed by atoms with Gasteiger partial charge in [0.1, 0.15) is 0 Å². The van der Waals surface area contributed by atoms with E-state index in [4.69, 9.17) is 10.2 Å². The number of aliphatic hydroxyl groups excluding tert-OH is 1. The number of carboxylic acids is 1. The van der Waals surface area contributed by atoms with Gasteiger partial charge in [0.2, 0.25) is 0 Å². The van der Waals surface area contributed by atoms with E-state index in [-0.39, 0.29) is 6.61 Å². The van der Waals surface area contributed by atoms with E-state index in [2.05, 4.69) is 6.58 Å². The molecule has 3 heteroatoms. The number of aliphatic carboxylic acids is 1. The van der Waals surface area contributed by atoms with E-state index < -0.39 is 11.9 Å². The second-order valence-electron chi connectivity index (χ2n) is 1.74. The molecule has 0 amide bonds. The van der Waals surface area contributed by atoms with Crippen molar-refractivity contribution in [2.45, 2.75) is 6.42 Å². The molecule has 0 aromatic heterocycles. The van der Waals surface area contributed by atoms with Crippen molar-refractivity contribution in [3.63, 3.8) is 0 Å². The van der Waals surface area contributed by atoms with Crippen molar-refractivity contribution in [1.82, 2.24) is 0 Å². The Morgan fingerprint density at radius 1 is 1.78 bits per heavy atom. The fraction of sp³-hybridized carbons (Fsp3) is 0.500. The van der Waals surface area contributed by atoms with Crippen LogP contribution in [0.15, 0.2) is 12.7 Å². The molecule has 0 radical (unpaired) electrons. The smallest absolute Gasteiger partial charge is 0.309 e. The summed E-state index contributed by atoms with van der Waals surface area (Å²) in [6.45, 7) is 3.04. The Morgan fingerprint density at radius 3 is 2.44 bits per heavy atom. The number of carboxylic acid groups (broad SMARTS) is 1. The van der Waals surface area contributed by atoms with Crippen molar-refractivity contribution in [1.29, 1.82) is 0 Å². The molecule has 0 spiro atoms. The summed E-state index contributed by atoms with van der Waals surface area (Å²) in [5, 5.41) is 16.7. The maximum atomic E-state index is 10.1. The number of rotatable bonds is 4. The van der Waals surface area contributed by atoms with E-state index >= 15 is 0 Å². The van der Waals surface area contributed by atoms with Gasteiger partial charge in [-0.25, -0.2) is 0 Å². The van der Waals surface area contributed by atoms with Crippen molar-refractivity contribution >= 4 is 5.97 Å². The normalized spacial score (nSPS) is 12.6. The summed E-state index contributed by atoms with van der Waals surface area (Å²) < 4.78 is 0. The quantitative estimate of drug-likeness (QED) is 0.536. The van der Waals surface area contributed by atoms with Gasteiger partial charge in [0, 0.05) is 0 Å². The monoisotopic (exact) mass is 130 g/mol. The molecule has 1 unspecified atom stereocenters. The molecule has 0 aliphatic carbocycles. The van der Waals surface area contributed by atoms with Crippen LogP contribution in [0, 0.1) is 5.92 Å². The Balaban J connectivity index is 3.67. The molecule has 52 valence electrons. The van der Waals surface area contributed by atoms with Crippen LogP contribution < -0.4 is 0 Å². The molecular weight excluding hydrogens is 120 g/mol. The van der Waals surface area contributed by atoms with Crippen LogP contribution in [0.2, 0.25) is 0 Å². The van der Waals surface area contributed by atoms with Crippen LogP contribution in [0.5, 0.6) is 0 Å². The van der Waals surface area contributed by atoms with Crippen molar-refractivity contribution < 1.29 is 15.0 Å². The van der Waals surface area contributed by atoms with E-state index in [0.717, 1.165) is 0 Å². The van der Waals surface area contributed by atoms with Gasteiger partial charge < -0.3 is 10.2 Å². The molecule has 0 saturated carbocycles. The fourth-order valence-corrected chi connectivity index (χ4v) is 0.455. The number of hydrogen-bond acceptors (Lipinski definition) is 2. The van der Waals surface area contributed by atoms with Crippen LogP contribution in [0.1, 0.15) is 6.42 Å². The molecular formula is C6H10O3. The second kappa shape index (κ2) is 4.09. The number of allylic oxidation sites excluding steroid dienone is 1. The van der Waals surface area contributed by atoms with E-state index in [9.17, 15) is 4.79 Å². The third kappa shape index (κ3) is 2.87. The molecule has 0 aliphatic rings. The van der Waals surface area contributed by atoms with Gasteiger partial charge in [-0.3, -0.25) is 4.79 Å². The van der Waals surface area contributed by atoms with Crippen LogP contribution in [0.4, 0.5) is 0 Å². The van der Waals surface area contributed by atoms with E-state index in [1.165, 1.54) is 6.08 Å². The SMILES string of the molecule is C=CCC(CO)C(=O)O. The number of aliphatic hydroxyl groups is 1. The van der Waals surface area contributed by atoms with Gasteiger partial charge in [-0.15, -0.1) is 6.58 Å². The van der Waals surface area contributed by atoms with Crippen LogP contribution in [-0.2, 0) is 4.79 Å². The van der Waals surface area contributed by atoms with E-state index in [0.29, 0.717) is 6.42 Å². The van der Waals surface area contributed by atoms with Crippen molar-refractivity contribution in [2.24, 2.45) is 5.92 Å². The standard InChI is InChI=1S/C6H10O3/c1-2-3-5(4-7)6(8)9/h2,5,7H,1,3-4H2,(H,8,9). The number of hydrogen-bond donors (Lipinski definition) is 2. The summed E-state index contributed by atoms with van der Waals surface area (Å²) >= 11 is 0. The maximum absolute atomic E-state index is 10.1. The molecule has 0 aromatic carbocycles. The summed E-state index contributed by atoms with van der Waals surface area (Å²) in [7, 11) is 0. The molecule has 0 bridgehead atoms. The van der Waals surface area contributed by atoms with Gasteiger partial charge in [0.05, 0.1) is 12.5 Å². The minimum Gasteiger partial charge on any atom is -0.481 e. The van der Waals surface area contributed by atoms with Crippen molar-refractivity contribution in [3.8, 4) is 0 Å². The fourth-order valence-electron chi connectivity index (χ4n) is 0.455. The summed E-state index contributed by atoms with van der Waals surface area (Å²) in [6.07, 6.45) is 1.81. The first-order valence-electron chi connectivity index (χ1n) is 2.67. The zero-order valence-corrected chi connectivity index (χ0v) is 5.08. The average molecular weight is 130 g/mol. The zero-order valence-electron chi connectivity index (χ0n) is 5.08. The molecule has 3 nitrogen and oxygen atoms in total. The Morgan fingerprint density at radius 2 is 2.33 bits per heavy atom. The Kier molecular flexibility index (Phi) is 3.71. The third-order valence-electron chi connectivity index (χ3n) is 1.02. The lowest BCUT2D eigenvalue weighted by molar-refractivity contribution is -0.142. The van der Waals surface area contributed by atoms with Crippen LogP contribution in [0.25, 0.3) is 0 Å². The highest BCUT2D eigenvalue weighted by Crippen LogP contribution is 2.01. The summed E-state index contributed by atoms with van der Waals surface area (Å²) in [5.41, 5.74) is 0. The van der Waals surface area contributed by atoms with Gasteiger partial charge in [-0.1, -0.05) is 6.08 Å². The highest BCUT2D eigenvalue weighted by Gasteiger charge is 2.12. The zero-order chi connectivity index (χ0) is 7.28. The molecule has 0 saturated heterocycles. The first-order chi connectivity index (χ1) is 4.22. The largest absolute Gasteiger partial charge is 0.481 e. The lowest BCUT2D eigenvalue weighted by Gasteiger charge is -2.02. The molecule has 0 heterocycles. The van der Waals surface area contributed by atoms with E-state index in [1.54, 1.807) is 0 Å². The maximum Gasteiger partial charge on any atom is 0.309 e. The Bertz CT molecular complexity index is 109. The van der Waals surface area contributed by atoms with Crippen molar-refractivity contribution in [2.75, 3.05) is 6.61 Å². The summed E-state index contributed by atoms with van der Waals surface area (Å²) in [4.78, 5) is 10.1. The van der Waals surface area contributed by atoms with Crippen LogP contribution in [-0.4, -0.2) is 22.8 Å². The van der Waals surface area contributed by atoms with Gasteiger partial charge in [0.15, 0.2) is 0 Å². The second-order valence-corrected chi connectivity index (χ2v) is 1.74. The molecule has 0 aromatic rings.